The van der Waals surface area contributed by atoms with Crippen LogP contribution in [-0.2, 0) is 0 Å². The van der Waals surface area contributed by atoms with Crippen LogP contribution in [0.5, 0.6) is 0 Å². The molecule has 1 aromatic rings. The predicted molar refractivity (Wildman–Crippen MR) is 80.2 cm³/mol. The molecule has 2 unspecified atom stereocenters. The minimum Gasteiger partial charge on any atom is -0.338 e. The van der Waals surface area contributed by atoms with Crippen LogP contribution >= 0.6 is 28.6 Å². The molecular formula is C14H18BrNOS. The van der Waals surface area contributed by atoms with E-state index in [0.717, 1.165) is 28.9 Å². The highest BCUT2D eigenvalue weighted by Crippen LogP contribution is 2.26. The van der Waals surface area contributed by atoms with Gasteiger partial charge in [0.15, 0.2) is 0 Å². The maximum absolute atomic E-state index is 12.5. The molecule has 1 saturated heterocycles. The summed E-state index contributed by atoms with van der Waals surface area (Å²) in [6, 6.07) is 5.59. The Kier molecular flexibility index (Phi) is 4.38. The smallest absolute Gasteiger partial charge is 0.255 e. The third-order valence-electron chi connectivity index (χ3n) is 3.80. The van der Waals surface area contributed by atoms with E-state index in [-0.39, 0.29) is 5.91 Å². The second kappa shape index (κ2) is 5.66. The van der Waals surface area contributed by atoms with E-state index in [2.05, 4.69) is 42.4 Å². The molecule has 1 aromatic carbocycles. The predicted octanol–water partition coefficient (Wildman–Crippen LogP) is 3.86. The molecule has 0 N–H and O–H groups in total. The fraction of sp³-hybridized carbons (Fsp3) is 0.500. The van der Waals surface area contributed by atoms with Crippen LogP contribution in [-0.4, -0.2) is 23.9 Å². The molecule has 1 amide bonds. The van der Waals surface area contributed by atoms with Crippen molar-refractivity contribution in [1.29, 1.82) is 0 Å². The Morgan fingerprint density at radius 2 is 2.11 bits per heavy atom. The molecular weight excluding hydrogens is 310 g/mol. The number of carbonyl (C=O) groups excluding carboxylic acids is 1. The number of benzene rings is 1. The Balaban J connectivity index is 2.19. The van der Waals surface area contributed by atoms with Crippen molar-refractivity contribution in [3.8, 4) is 0 Å². The number of hydrogen-bond donors (Lipinski definition) is 1. The van der Waals surface area contributed by atoms with Crippen LogP contribution in [0.1, 0.15) is 30.6 Å². The second-order valence-electron chi connectivity index (χ2n) is 5.16. The first-order valence-corrected chi connectivity index (χ1v) is 7.51. The van der Waals surface area contributed by atoms with E-state index in [1.807, 2.05) is 23.1 Å². The molecule has 1 heterocycles. The van der Waals surface area contributed by atoms with Crippen molar-refractivity contribution in [2.24, 2.45) is 11.8 Å². The molecule has 2 nitrogen and oxygen atoms in total. The van der Waals surface area contributed by atoms with Gasteiger partial charge in [-0.05, 0) is 52.4 Å². The molecule has 2 rings (SSSR count). The lowest BCUT2D eigenvalue weighted by atomic mass is 9.88. The number of hydrogen-bond acceptors (Lipinski definition) is 2. The standard InChI is InChI=1S/C14H18BrNOS/c1-9-5-6-16(8-10(9)2)14(17)12-7-11(18)3-4-13(12)15/h3-4,7,9-10,18H,5-6,8H2,1-2H3. The normalized spacial score (nSPS) is 24.1. The maximum Gasteiger partial charge on any atom is 0.255 e. The molecule has 18 heavy (non-hydrogen) atoms. The zero-order valence-electron chi connectivity index (χ0n) is 10.7. The summed E-state index contributed by atoms with van der Waals surface area (Å²) in [5, 5.41) is 0. The van der Waals surface area contributed by atoms with Gasteiger partial charge in [0.2, 0.25) is 0 Å². The maximum atomic E-state index is 12.5. The van der Waals surface area contributed by atoms with Crippen molar-refractivity contribution < 1.29 is 4.79 Å². The molecule has 0 bridgehead atoms. The zero-order valence-corrected chi connectivity index (χ0v) is 13.2. The molecule has 0 spiro atoms. The van der Waals surface area contributed by atoms with Gasteiger partial charge < -0.3 is 4.90 Å². The van der Waals surface area contributed by atoms with E-state index in [0.29, 0.717) is 17.4 Å². The van der Waals surface area contributed by atoms with Gasteiger partial charge in [-0.3, -0.25) is 4.79 Å². The molecule has 0 aliphatic carbocycles. The minimum absolute atomic E-state index is 0.108. The SMILES string of the molecule is CC1CCN(C(=O)c2cc(S)ccc2Br)CC1C. The average Bonchev–Trinajstić information content (AvgIpc) is 2.35. The van der Waals surface area contributed by atoms with Crippen LogP contribution in [0.4, 0.5) is 0 Å². The Bertz CT molecular complexity index is 463. The molecule has 0 radical (unpaired) electrons. The summed E-state index contributed by atoms with van der Waals surface area (Å²) in [6.45, 7) is 6.18. The van der Waals surface area contributed by atoms with Gasteiger partial charge in [0.1, 0.15) is 0 Å². The Labute approximate surface area is 122 Å². The fourth-order valence-electron chi connectivity index (χ4n) is 2.29. The first-order chi connectivity index (χ1) is 8.49. The third-order valence-corrected chi connectivity index (χ3v) is 4.77. The summed E-state index contributed by atoms with van der Waals surface area (Å²) in [5.74, 6) is 1.38. The van der Waals surface area contributed by atoms with E-state index >= 15 is 0 Å². The average molecular weight is 328 g/mol. The Morgan fingerprint density at radius 1 is 1.39 bits per heavy atom. The van der Waals surface area contributed by atoms with E-state index in [1.165, 1.54) is 0 Å². The molecule has 1 aliphatic rings. The Hall–Kier alpha value is -0.480. The quantitative estimate of drug-likeness (QED) is 0.776. The van der Waals surface area contributed by atoms with Crippen LogP contribution in [0.15, 0.2) is 27.6 Å². The van der Waals surface area contributed by atoms with E-state index in [9.17, 15) is 4.79 Å². The highest BCUT2D eigenvalue weighted by Gasteiger charge is 2.27. The van der Waals surface area contributed by atoms with Gasteiger partial charge >= 0.3 is 0 Å². The second-order valence-corrected chi connectivity index (χ2v) is 6.53. The van der Waals surface area contributed by atoms with E-state index < -0.39 is 0 Å². The monoisotopic (exact) mass is 327 g/mol. The molecule has 0 aromatic heterocycles. The summed E-state index contributed by atoms with van der Waals surface area (Å²) in [5.41, 5.74) is 0.712. The topological polar surface area (TPSA) is 20.3 Å². The number of carbonyl (C=O) groups is 1. The fourth-order valence-corrected chi connectivity index (χ4v) is 2.91. The van der Waals surface area contributed by atoms with Crippen LogP contribution in [0, 0.1) is 11.8 Å². The molecule has 1 fully saturated rings. The number of thiol groups is 1. The summed E-state index contributed by atoms with van der Waals surface area (Å²) in [6.07, 6.45) is 1.09. The van der Waals surface area contributed by atoms with Crippen molar-refractivity contribution in [1.82, 2.24) is 4.90 Å². The lowest BCUT2D eigenvalue weighted by Crippen LogP contribution is -2.42. The molecule has 98 valence electrons. The number of halogens is 1. The van der Waals surface area contributed by atoms with E-state index in [1.54, 1.807) is 0 Å². The van der Waals surface area contributed by atoms with Crippen LogP contribution in [0.2, 0.25) is 0 Å². The van der Waals surface area contributed by atoms with Crippen molar-refractivity contribution in [3.05, 3.63) is 28.2 Å². The van der Waals surface area contributed by atoms with Gasteiger partial charge in [0.25, 0.3) is 5.91 Å². The molecule has 2 atom stereocenters. The lowest BCUT2D eigenvalue weighted by molar-refractivity contribution is 0.0626. The summed E-state index contributed by atoms with van der Waals surface area (Å²) < 4.78 is 0.844. The molecule has 0 saturated carbocycles. The summed E-state index contributed by atoms with van der Waals surface area (Å²) in [4.78, 5) is 15.3. The molecule has 1 aliphatic heterocycles. The number of piperidine rings is 1. The van der Waals surface area contributed by atoms with Gasteiger partial charge in [-0.25, -0.2) is 0 Å². The Morgan fingerprint density at radius 3 is 2.78 bits per heavy atom. The van der Waals surface area contributed by atoms with Crippen molar-refractivity contribution in [2.45, 2.75) is 25.2 Å². The molecule has 4 heteroatoms. The first kappa shape index (κ1) is 13.9. The highest BCUT2D eigenvalue weighted by molar-refractivity contribution is 9.10. The van der Waals surface area contributed by atoms with E-state index in [4.69, 9.17) is 0 Å². The van der Waals surface area contributed by atoms with Crippen LogP contribution < -0.4 is 0 Å². The van der Waals surface area contributed by atoms with Crippen molar-refractivity contribution >= 4 is 34.5 Å². The van der Waals surface area contributed by atoms with Gasteiger partial charge in [0.05, 0.1) is 5.56 Å². The number of nitrogens with zero attached hydrogens (tertiary/aromatic N) is 1. The highest BCUT2D eigenvalue weighted by atomic mass is 79.9. The third kappa shape index (κ3) is 2.91. The lowest BCUT2D eigenvalue weighted by Gasteiger charge is -2.35. The van der Waals surface area contributed by atoms with Crippen molar-refractivity contribution in [2.75, 3.05) is 13.1 Å². The minimum atomic E-state index is 0.108. The summed E-state index contributed by atoms with van der Waals surface area (Å²) in [7, 11) is 0. The number of likely N-dealkylation sites (tertiary alicyclic amines) is 1. The van der Waals surface area contributed by atoms with Gasteiger partial charge in [0, 0.05) is 22.5 Å². The van der Waals surface area contributed by atoms with Crippen LogP contribution in [0.25, 0.3) is 0 Å². The summed E-state index contributed by atoms with van der Waals surface area (Å²) >= 11 is 7.74. The van der Waals surface area contributed by atoms with Gasteiger partial charge in [-0.2, -0.15) is 0 Å². The van der Waals surface area contributed by atoms with Crippen molar-refractivity contribution in [3.63, 3.8) is 0 Å². The number of rotatable bonds is 1. The largest absolute Gasteiger partial charge is 0.338 e. The first-order valence-electron chi connectivity index (χ1n) is 6.27. The zero-order chi connectivity index (χ0) is 13.3. The van der Waals surface area contributed by atoms with Gasteiger partial charge in [-0.15, -0.1) is 12.6 Å². The van der Waals surface area contributed by atoms with Gasteiger partial charge in [-0.1, -0.05) is 13.8 Å². The number of amides is 1. The van der Waals surface area contributed by atoms with Crippen LogP contribution in [0.3, 0.4) is 0 Å².